The number of aliphatic carboxylic acids is 1. The summed E-state index contributed by atoms with van der Waals surface area (Å²) in [5.74, 6) is -0.724. The van der Waals surface area contributed by atoms with E-state index in [0.29, 0.717) is 11.7 Å². The molecule has 0 amide bonds. The summed E-state index contributed by atoms with van der Waals surface area (Å²) in [4.78, 5) is 15.3. The summed E-state index contributed by atoms with van der Waals surface area (Å²) in [6.07, 6.45) is 3.63. The van der Waals surface area contributed by atoms with Crippen LogP contribution in [0.1, 0.15) is 52.5 Å². The summed E-state index contributed by atoms with van der Waals surface area (Å²) >= 11 is 1.78. The Morgan fingerprint density at radius 3 is 2.48 bits per heavy atom. The van der Waals surface area contributed by atoms with E-state index in [1.807, 2.05) is 12.3 Å². The van der Waals surface area contributed by atoms with E-state index < -0.39 is 5.97 Å². The molecule has 0 bridgehead atoms. The molecule has 1 aromatic heterocycles. The first-order chi connectivity index (χ1) is 11.8. The number of rotatable bonds is 8. The van der Waals surface area contributed by atoms with Crippen molar-refractivity contribution in [2.75, 3.05) is 0 Å². The lowest BCUT2D eigenvalue weighted by Gasteiger charge is -2.25. The van der Waals surface area contributed by atoms with Crippen LogP contribution in [0, 0.1) is 0 Å². The predicted octanol–water partition coefficient (Wildman–Crippen LogP) is 5.78. The summed E-state index contributed by atoms with van der Waals surface area (Å²) in [6, 6.07) is 12.7. The lowest BCUT2D eigenvalue weighted by molar-refractivity contribution is -0.137. The zero-order valence-electron chi connectivity index (χ0n) is 15.5. The zero-order valence-corrected chi connectivity index (χ0v) is 16.3. The maximum Gasteiger partial charge on any atom is 0.303 e. The van der Waals surface area contributed by atoms with E-state index >= 15 is 0 Å². The number of nitrogens with zero attached hydrogens (tertiary/aromatic N) is 1. The second-order valence-electron chi connectivity index (χ2n) is 7.23. The third kappa shape index (κ3) is 5.60. The molecule has 1 N–H and O–H groups in total. The number of carbonyl (C=O) groups is 1. The number of benzene rings is 1. The molecule has 0 saturated carbocycles. The Balaban J connectivity index is 2.18. The number of hydrogen-bond acceptors (Lipinski definition) is 3. The molecular weight excluding hydrogens is 330 g/mol. The van der Waals surface area contributed by atoms with Gasteiger partial charge in [-0.2, -0.15) is 0 Å². The number of aromatic nitrogens is 1. The first-order valence-electron chi connectivity index (χ1n) is 8.74. The lowest BCUT2D eigenvalue weighted by Crippen LogP contribution is -2.17. The zero-order chi connectivity index (χ0) is 18.4. The van der Waals surface area contributed by atoms with Crippen molar-refractivity contribution in [3.8, 4) is 11.1 Å². The minimum Gasteiger partial charge on any atom is -0.481 e. The fourth-order valence-corrected chi connectivity index (χ4v) is 3.74. The molecule has 0 aliphatic heterocycles. The van der Waals surface area contributed by atoms with Gasteiger partial charge < -0.3 is 5.11 Å². The first-order valence-corrected chi connectivity index (χ1v) is 9.62. The Morgan fingerprint density at radius 2 is 1.88 bits per heavy atom. The summed E-state index contributed by atoms with van der Waals surface area (Å²) in [7, 11) is 0. The molecule has 0 aliphatic rings. The van der Waals surface area contributed by atoms with E-state index in [4.69, 9.17) is 5.11 Å². The first kappa shape index (κ1) is 19.5. The number of pyridine rings is 1. The molecule has 3 nitrogen and oxygen atoms in total. The van der Waals surface area contributed by atoms with Gasteiger partial charge in [0, 0.05) is 23.4 Å². The van der Waals surface area contributed by atoms with Crippen LogP contribution in [0.5, 0.6) is 0 Å². The van der Waals surface area contributed by atoms with E-state index in [-0.39, 0.29) is 11.8 Å². The molecule has 2 rings (SSSR count). The third-order valence-corrected chi connectivity index (χ3v) is 5.31. The maximum atomic E-state index is 10.7. The van der Waals surface area contributed by atoms with Crippen molar-refractivity contribution in [1.82, 2.24) is 4.98 Å². The quantitative estimate of drug-likeness (QED) is 0.608. The molecule has 0 radical (unpaired) electrons. The molecule has 1 aromatic carbocycles. The van der Waals surface area contributed by atoms with E-state index in [9.17, 15) is 4.79 Å². The van der Waals surface area contributed by atoms with Crippen molar-refractivity contribution < 1.29 is 9.90 Å². The highest BCUT2D eigenvalue weighted by Gasteiger charge is 2.21. The molecule has 0 unspecified atom stereocenters. The van der Waals surface area contributed by atoms with Crippen LogP contribution in [-0.4, -0.2) is 21.3 Å². The van der Waals surface area contributed by atoms with Gasteiger partial charge in [-0.25, -0.2) is 4.98 Å². The highest BCUT2D eigenvalue weighted by molar-refractivity contribution is 7.99. The van der Waals surface area contributed by atoms with Crippen LogP contribution < -0.4 is 0 Å². The van der Waals surface area contributed by atoms with Crippen LogP contribution in [0.25, 0.3) is 11.1 Å². The number of carboxylic acids is 1. The summed E-state index contributed by atoms with van der Waals surface area (Å²) in [6.45, 7) is 8.69. The smallest absolute Gasteiger partial charge is 0.303 e. The van der Waals surface area contributed by atoms with Gasteiger partial charge in [0.05, 0.1) is 0 Å². The molecular formula is C21H27NO2S. The highest BCUT2D eigenvalue weighted by atomic mass is 32.2. The van der Waals surface area contributed by atoms with Crippen LogP contribution in [0.4, 0.5) is 0 Å². The SMILES string of the molecule is CC(C)Sc1ncccc1-c1ccc(C(C)(C)CCCC(=O)O)cc1. The van der Waals surface area contributed by atoms with E-state index in [0.717, 1.165) is 17.0 Å². The summed E-state index contributed by atoms with van der Waals surface area (Å²) in [5.41, 5.74) is 3.54. The van der Waals surface area contributed by atoms with Crippen molar-refractivity contribution in [3.05, 3.63) is 48.2 Å². The lowest BCUT2D eigenvalue weighted by atomic mass is 9.80. The van der Waals surface area contributed by atoms with Gasteiger partial charge in [-0.05, 0) is 35.4 Å². The number of thioether (sulfide) groups is 1. The van der Waals surface area contributed by atoms with Gasteiger partial charge in [-0.3, -0.25) is 4.79 Å². The molecule has 0 fully saturated rings. The molecule has 134 valence electrons. The molecule has 25 heavy (non-hydrogen) atoms. The Bertz CT molecular complexity index is 708. The van der Waals surface area contributed by atoms with Gasteiger partial charge in [0.2, 0.25) is 0 Å². The molecule has 0 saturated heterocycles. The van der Waals surface area contributed by atoms with Crippen LogP contribution in [-0.2, 0) is 10.2 Å². The van der Waals surface area contributed by atoms with Crippen LogP contribution >= 0.6 is 11.8 Å². The van der Waals surface area contributed by atoms with Crippen molar-refractivity contribution in [2.45, 2.75) is 62.6 Å². The Labute approximate surface area is 154 Å². The Hall–Kier alpha value is -1.81. The summed E-state index contributed by atoms with van der Waals surface area (Å²) < 4.78 is 0. The maximum absolute atomic E-state index is 10.7. The van der Waals surface area contributed by atoms with Crippen molar-refractivity contribution in [2.24, 2.45) is 0 Å². The normalized spacial score (nSPS) is 11.7. The highest BCUT2D eigenvalue weighted by Crippen LogP contribution is 2.34. The average Bonchev–Trinajstić information content (AvgIpc) is 2.54. The largest absolute Gasteiger partial charge is 0.481 e. The molecule has 0 atom stereocenters. The molecule has 1 heterocycles. The van der Waals surface area contributed by atoms with E-state index in [1.54, 1.807) is 11.8 Å². The van der Waals surface area contributed by atoms with Crippen LogP contribution in [0.3, 0.4) is 0 Å². The third-order valence-electron chi connectivity index (χ3n) is 4.29. The Kier molecular flexibility index (Phi) is 6.65. The standard InChI is InChI=1S/C21H27NO2S/c1-15(2)25-20-18(7-6-14-22-20)16-9-11-17(12-10-16)21(3,4)13-5-8-19(23)24/h6-7,9-12,14-15H,5,8,13H2,1-4H3,(H,23,24). The molecule has 0 aliphatic carbocycles. The minimum atomic E-state index is -0.724. The Morgan fingerprint density at radius 1 is 1.20 bits per heavy atom. The predicted molar refractivity (Wildman–Crippen MR) is 105 cm³/mol. The topological polar surface area (TPSA) is 50.2 Å². The van der Waals surface area contributed by atoms with Gasteiger partial charge in [-0.1, -0.05) is 58.0 Å². The van der Waals surface area contributed by atoms with Crippen molar-refractivity contribution in [3.63, 3.8) is 0 Å². The minimum absolute atomic E-state index is 0.0293. The second-order valence-corrected chi connectivity index (χ2v) is 8.80. The monoisotopic (exact) mass is 357 g/mol. The van der Waals surface area contributed by atoms with Gasteiger partial charge in [0.15, 0.2) is 0 Å². The molecule has 4 heteroatoms. The van der Waals surface area contributed by atoms with Crippen molar-refractivity contribution >= 4 is 17.7 Å². The van der Waals surface area contributed by atoms with Crippen LogP contribution in [0.15, 0.2) is 47.6 Å². The number of carboxylic acid groups (broad SMARTS) is 1. The van der Waals surface area contributed by atoms with E-state index in [1.165, 1.54) is 11.1 Å². The average molecular weight is 358 g/mol. The fourth-order valence-electron chi connectivity index (χ4n) is 2.85. The van der Waals surface area contributed by atoms with Crippen LogP contribution in [0.2, 0.25) is 0 Å². The molecule has 0 spiro atoms. The van der Waals surface area contributed by atoms with Gasteiger partial charge >= 0.3 is 5.97 Å². The number of hydrogen-bond donors (Lipinski definition) is 1. The molecule has 2 aromatic rings. The van der Waals surface area contributed by atoms with Gasteiger partial charge in [0.25, 0.3) is 0 Å². The fraction of sp³-hybridized carbons (Fsp3) is 0.429. The van der Waals surface area contributed by atoms with Gasteiger partial charge in [-0.15, -0.1) is 11.8 Å². The van der Waals surface area contributed by atoms with Crippen molar-refractivity contribution in [1.29, 1.82) is 0 Å². The van der Waals surface area contributed by atoms with Gasteiger partial charge in [0.1, 0.15) is 5.03 Å². The summed E-state index contributed by atoms with van der Waals surface area (Å²) in [5, 5.41) is 10.4. The second kappa shape index (κ2) is 8.52. The van der Waals surface area contributed by atoms with E-state index in [2.05, 4.69) is 63.0 Å².